The van der Waals surface area contributed by atoms with Crippen molar-refractivity contribution < 1.29 is 21.6 Å². The van der Waals surface area contributed by atoms with Gasteiger partial charge in [0.05, 0.1) is 16.0 Å². The molecule has 0 spiro atoms. The van der Waals surface area contributed by atoms with Gasteiger partial charge in [0.15, 0.2) is 15.1 Å². The minimum Gasteiger partial charge on any atom is -0.354 e. The van der Waals surface area contributed by atoms with Crippen molar-refractivity contribution in [3.05, 3.63) is 41.9 Å². The number of nitrogens with two attached hydrogens (primary N) is 1. The van der Waals surface area contributed by atoms with Gasteiger partial charge in [-0.1, -0.05) is 6.07 Å². The lowest BCUT2D eigenvalue weighted by Gasteiger charge is -2.12. The smallest absolute Gasteiger partial charge is 0.245 e. The number of amides is 1. The number of primary sulfonamides is 1. The van der Waals surface area contributed by atoms with E-state index in [1.165, 1.54) is 6.33 Å². The van der Waals surface area contributed by atoms with Crippen LogP contribution in [0.4, 0.5) is 0 Å². The standard InChI is InChI=1S/C16H17N5O5S3/c1-28(23,24)14(15(22)20-4-5-29(17,25)26)16-21-12-3-2-10(6-13(12)27-16)11-7-18-9-19-8-11/h2-3,6-9,14H,4-5H2,1H3,(H,20,22)(H2,17,25,26). The predicted octanol–water partition coefficient (Wildman–Crippen LogP) is 0.244. The Morgan fingerprint density at radius 3 is 2.48 bits per heavy atom. The summed E-state index contributed by atoms with van der Waals surface area (Å²) < 4.78 is 47.2. The van der Waals surface area contributed by atoms with Crippen LogP contribution in [0.15, 0.2) is 36.9 Å². The zero-order chi connectivity index (χ0) is 21.2. The van der Waals surface area contributed by atoms with Gasteiger partial charge >= 0.3 is 0 Å². The van der Waals surface area contributed by atoms with E-state index in [0.29, 0.717) is 10.2 Å². The van der Waals surface area contributed by atoms with Crippen molar-refractivity contribution in [2.24, 2.45) is 5.14 Å². The second kappa shape index (κ2) is 8.10. The molecule has 2 heterocycles. The van der Waals surface area contributed by atoms with Crippen LogP contribution >= 0.6 is 11.3 Å². The molecule has 13 heteroatoms. The van der Waals surface area contributed by atoms with Crippen molar-refractivity contribution in [1.82, 2.24) is 20.3 Å². The van der Waals surface area contributed by atoms with Crippen LogP contribution in [0, 0.1) is 0 Å². The van der Waals surface area contributed by atoms with Crippen LogP contribution in [0.1, 0.15) is 10.3 Å². The maximum absolute atomic E-state index is 12.5. The van der Waals surface area contributed by atoms with Gasteiger partial charge in [0.2, 0.25) is 15.9 Å². The van der Waals surface area contributed by atoms with Gasteiger partial charge in [-0.2, -0.15) is 0 Å². The molecule has 0 aliphatic heterocycles. The number of benzene rings is 1. The minimum atomic E-state index is -3.86. The number of hydrogen-bond donors (Lipinski definition) is 2. The largest absolute Gasteiger partial charge is 0.354 e. The molecule has 3 aromatic rings. The van der Waals surface area contributed by atoms with Crippen molar-refractivity contribution in [2.75, 3.05) is 18.6 Å². The van der Waals surface area contributed by atoms with E-state index in [1.807, 2.05) is 6.07 Å². The molecule has 1 atom stereocenters. The van der Waals surface area contributed by atoms with E-state index in [0.717, 1.165) is 28.7 Å². The number of nitrogens with one attached hydrogen (secondary N) is 1. The average molecular weight is 456 g/mol. The predicted molar refractivity (Wildman–Crippen MR) is 109 cm³/mol. The molecule has 1 aromatic carbocycles. The molecule has 3 N–H and O–H groups in total. The molecule has 0 radical (unpaired) electrons. The van der Waals surface area contributed by atoms with Crippen molar-refractivity contribution in [1.29, 1.82) is 0 Å². The summed E-state index contributed by atoms with van der Waals surface area (Å²) in [5.41, 5.74) is 2.14. The van der Waals surface area contributed by atoms with Crippen LogP contribution in [0.5, 0.6) is 0 Å². The molecule has 1 amide bonds. The number of carbonyl (C=O) groups is 1. The maximum Gasteiger partial charge on any atom is 0.245 e. The van der Waals surface area contributed by atoms with Crippen LogP contribution < -0.4 is 10.5 Å². The van der Waals surface area contributed by atoms with Crippen LogP contribution in [0.2, 0.25) is 0 Å². The molecule has 2 aromatic heterocycles. The summed E-state index contributed by atoms with van der Waals surface area (Å²) in [7, 11) is -7.64. The highest BCUT2D eigenvalue weighted by atomic mass is 32.2. The zero-order valence-electron chi connectivity index (χ0n) is 15.1. The van der Waals surface area contributed by atoms with E-state index in [1.54, 1.807) is 24.5 Å². The summed E-state index contributed by atoms with van der Waals surface area (Å²) in [6, 6.07) is 5.33. The minimum absolute atomic E-state index is 0.0945. The summed E-state index contributed by atoms with van der Waals surface area (Å²) in [6.45, 7) is -0.299. The highest BCUT2D eigenvalue weighted by Gasteiger charge is 2.33. The van der Waals surface area contributed by atoms with E-state index in [9.17, 15) is 21.6 Å². The Morgan fingerprint density at radius 2 is 1.86 bits per heavy atom. The number of fused-ring (bicyclic) bond motifs is 1. The van der Waals surface area contributed by atoms with Crippen molar-refractivity contribution in [3.63, 3.8) is 0 Å². The Morgan fingerprint density at radius 1 is 1.17 bits per heavy atom. The fourth-order valence-corrected chi connectivity index (χ4v) is 5.52. The molecule has 0 saturated heterocycles. The van der Waals surface area contributed by atoms with Gasteiger partial charge in [0.1, 0.15) is 11.3 Å². The quantitative estimate of drug-likeness (QED) is 0.512. The lowest BCUT2D eigenvalue weighted by atomic mass is 10.1. The number of nitrogens with zero attached hydrogens (tertiary/aromatic N) is 3. The van der Waals surface area contributed by atoms with Crippen LogP contribution in [-0.2, 0) is 24.7 Å². The topological polar surface area (TPSA) is 162 Å². The third-order valence-corrected chi connectivity index (χ3v) is 7.17. The van der Waals surface area contributed by atoms with Gasteiger partial charge in [-0.05, 0) is 17.7 Å². The first kappa shape index (κ1) is 21.2. The van der Waals surface area contributed by atoms with Gasteiger partial charge in [-0.15, -0.1) is 11.3 Å². The summed E-state index contributed by atoms with van der Waals surface area (Å²) in [6.07, 6.45) is 5.64. The first-order chi connectivity index (χ1) is 13.5. The van der Waals surface area contributed by atoms with Gasteiger partial charge in [0.25, 0.3) is 0 Å². The lowest BCUT2D eigenvalue weighted by Crippen LogP contribution is -2.37. The molecule has 3 rings (SSSR count). The van der Waals surface area contributed by atoms with Gasteiger partial charge in [-0.3, -0.25) is 4.79 Å². The first-order valence-electron chi connectivity index (χ1n) is 8.17. The summed E-state index contributed by atoms with van der Waals surface area (Å²) >= 11 is 1.07. The van der Waals surface area contributed by atoms with E-state index < -0.39 is 36.8 Å². The van der Waals surface area contributed by atoms with Crippen molar-refractivity contribution in [2.45, 2.75) is 5.25 Å². The lowest BCUT2D eigenvalue weighted by molar-refractivity contribution is -0.120. The molecule has 154 valence electrons. The van der Waals surface area contributed by atoms with Crippen molar-refractivity contribution in [3.8, 4) is 11.1 Å². The average Bonchev–Trinajstić information content (AvgIpc) is 3.02. The number of sulfonamides is 1. The monoisotopic (exact) mass is 455 g/mol. The first-order valence-corrected chi connectivity index (χ1v) is 12.7. The van der Waals surface area contributed by atoms with E-state index in [-0.39, 0.29) is 11.6 Å². The Hall–Kier alpha value is -2.48. The molecule has 0 aliphatic rings. The number of rotatable bonds is 7. The van der Waals surface area contributed by atoms with Crippen LogP contribution in [0.3, 0.4) is 0 Å². The SMILES string of the molecule is CS(=O)(=O)C(C(=O)NCCS(N)(=O)=O)c1nc2ccc(-c3cncnc3)cc2s1. The maximum atomic E-state index is 12.5. The molecule has 0 bridgehead atoms. The van der Waals surface area contributed by atoms with E-state index >= 15 is 0 Å². The van der Waals surface area contributed by atoms with Crippen molar-refractivity contribution >= 4 is 47.3 Å². The number of thiazole rings is 1. The summed E-state index contributed by atoms with van der Waals surface area (Å²) in [4.78, 5) is 24.7. The molecule has 29 heavy (non-hydrogen) atoms. The van der Waals surface area contributed by atoms with E-state index in [4.69, 9.17) is 5.14 Å². The van der Waals surface area contributed by atoms with Crippen LogP contribution in [0.25, 0.3) is 21.3 Å². The van der Waals surface area contributed by atoms with E-state index in [2.05, 4.69) is 20.3 Å². The second-order valence-electron chi connectivity index (χ2n) is 6.23. The molecular formula is C16H17N5O5S3. The number of carbonyl (C=O) groups excluding carboxylic acids is 1. The van der Waals surface area contributed by atoms with Gasteiger partial charge in [-0.25, -0.2) is 36.9 Å². The summed E-state index contributed by atoms with van der Waals surface area (Å²) in [5.74, 6) is -1.36. The highest BCUT2D eigenvalue weighted by molar-refractivity contribution is 7.91. The fraction of sp³-hybridized carbons (Fsp3) is 0.250. The molecular weight excluding hydrogens is 438 g/mol. The number of hydrogen-bond acceptors (Lipinski definition) is 9. The normalized spacial score (nSPS) is 13.3. The van der Waals surface area contributed by atoms with Crippen LogP contribution in [-0.4, -0.2) is 56.2 Å². The third-order valence-electron chi connectivity index (χ3n) is 3.88. The Bertz CT molecular complexity index is 1260. The Kier molecular flexibility index (Phi) is 5.93. The third kappa shape index (κ3) is 5.32. The summed E-state index contributed by atoms with van der Waals surface area (Å²) in [5, 5.41) is 5.73. The Labute approximate surface area is 171 Å². The molecule has 0 aliphatic carbocycles. The number of aromatic nitrogens is 3. The fourth-order valence-electron chi connectivity index (χ4n) is 2.58. The second-order valence-corrected chi connectivity index (χ2v) is 11.2. The highest BCUT2D eigenvalue weighted by Crippen LogP contribution is 2.33. The molecule has 10 nitrogen and oxygen atoms in total. The van der Waals surface area contributed by atoms with Gasteiger partial charge < -0.3 is 5.32 Å². The molecule has 0 fully saturated rings. The molecule has 1 unspecified atom stereocenters. The number of sulfone groups is 1. The Balaban J connectivity index is 1.93. The van der Waals surface area contributed by atoms with Gasteiger partial charge in [0, 0.05) is 30.8 Å². The zero-order valence-corrected chi connectivity index (χ0v) is 17.6. The molecule has 0 saturated carbocycles.